The monoisotopic (exact) mass is 481 g/mol. The van der Waals surface area contributed by atoms with E-state index in [4.69, 9.17) is 9.72 Å². The molecule has 0 fully saturated rings. The molecule has 2 aromatic carbocycles. The van der Waals surface area contributed by atoms with Gasteiger partial charge in [0.05, 0.1) is 34.2 Å². The molecular formula is C24H23N3O4S2. The van der Waals surface area contributed by atoms with Crippen LogP contribution in [0.4, 0.5) is 5.13 Å². The molecule has 0 saturated carbocycles. The Morgan fingerprint density at radius 2 is 1.82 bits per heavy atom. The zero-order valence-electron chi connectivity index (χ0n) is 18.3. The Morgan fingerprint density at radius 1 is 1.03 bits per heavy atom. The number of hydrogen-bond acceptors (Lipinski definition) is 7. The fraction of sp³-hybridized carbons (Fsp3) is 0.208. The van der Waals surface area contributed by atoms with Crippen LogP contribution in [-0.4, -0.2) is 36.7 Å². The lowest BCUT2D eigenvalue weighted by molar-refractivity contribution is 0.0984. The Kier molecular flexibility index (Phi) is 6.71. The molecule has 4 rings (SSSR count). The third-order valence-electron chi connectivity index (χ3n) is 5.03. The van der Waals surface area contributed by atoms with Crippen molar-refractivity contribution >= 4 is 42.4 Å². The number of ether oxygens (including phenoxy) is 1. The number of thiazole rings is 1. The van der Waals surface area contributed by atoms with Gasteiger partial charge in [0.15, 0.2) is 15.0 Å². The SMILES string of the molecule is CCOc1cccc2sc(N(Cc3ccccn3)C(=O)c3ccc(S(=O)(=O)CC)cc3)nc12. The standard InChI is InChI=1S/C24H23N3O4S2/c1-3-31-20-9-7-10-21-22(20)26-24(32-21)27(16-18-8-5-6-15-25-18)23(28)17-11-13-19(14-12-17)33(29,30)4-2/h5-15H,3-4,16H2,1-2H3. The van der Waals surface area contributed by atoms with E-state index in [1.807, 2.05) is 43.3 Å². The van der Waals surface area contributed by atoms with Crippen molar-refractivity contribution in [3.8, 4) is 5.75 Å². The van der Waals surface area contributed by atoms with E-state index in [0.717, 1.165) is 4.70 Å². The Labute approximate surface area is 196 Å². The highest BCUT2D eigenvalue weighted by Crippen LogP contribution is 2.35. The van der Waals surface area contributed by atoms with Crippen LogP contribution < -0.4 is 9.64 Å². The number of hydrogen-bond donors (Lipinski definition) is 0. The first-order chi connectivity index (χ1) is 15.9. The van der Waals surface area contributed by atoms with Crippen molar-refractivity contribution in [3.63, 3.8) is 0 Å². The van der Waals surface area contributed by atoms with Gasteiger partial charge in [-0.3, -0.25) is 14.7 Å². The Hall–Kier alpha value is -3.30. The minimum Gasteiger partial charge on any atom is -0.492 e. The van der Waals surface area contributed by atoms with E-state index >= 15 is 0 Å². The summed E-state index contributed by atoms with van der Waals surface area (Å²) >= 11 is 1.39. The molecule has 7 nitrogen and oxygen atoms in total. The van der Waals surface area contributed by atoms with Crippen LogP contribution in [0.3, 0.4) is 0 Å². The molecule has 9 heteroatoms. The molecule has 0 unspecified atom stereocenters. The topological polar surface area (TPSA) is 89.5 Å². The number of amides is 1. The van der Waals surface area contributed by atoms with Crippen LogP contribution in [0.5, 0.6) is 5.75 Å². The highest BCUT2D eigenvalue weighted by atomic mass is 32.2. The minimum atomic E-state index is -3.35. The zero-order chi connectivity index (χ0) is 23.4. The predicted molar refractivity (Wildman–Crippen MR) is 130 cm³/mol. The number of fused-ring (bicyclic) bond motifs is 1. The first-order valence-corrected chi connectivity index (χ1v) is 13.0. The van der Waals surface area contributed by atoms with E-state index in [2.05, 4.69) is 4.98 Å². The van der Waals surface area contributed by atoms with Crippen LogP contribution in [0.1, 0.15) is 29.9 Å². The second kappa shape index (κ2) is 9.68. The smallest absolute Gasteiger partial charge is 0.260 e. The van der Waals surface area contributed by atoms with E-state index in [0.29, 0.717) is 34.3 Å². The fourth-order valence-corrected chi connectivity index (χ4v) is 5.17. The van der Waals surface area contributed by atoms with Crippen molar-refractivity contribution in [1.82, 2.24) is 9.97 Å². The molecule has 0 bridgehead atoms. The molecule has 2 heterocycles. The van der Waals surface area contributed by atoms with Gasteiger partial charge >= 0.3 is 0 Å². The lowest BCUT2D eigenvalue weighted by Crippen LogP contribution is -2.30. The second-order valence-corrected chi connectivity index (χ2v) is 10.5. The van der Waals surface area contributed by atoms with Gasteiger partial charge in [-0.15, -0.1) is 0 Å². The number of anilines is 1. The van der Waals surface area contributed by atoms with Gasteiger partial charge in [-0.1, -0.05) is 30.4 Å². The number of pyridine rings is 1. The molecule has 0 aliphatic rings. The summed E-state index contributed by atoms with van der Waals surface area (Å²) in [6.07, 6.45) is 1.67. The molecule has 0 N–H and O–H groups in total. The van der Waals surface area contributed by atoms with Crippen molar-refractivity contribution < 1.29 is 17.9 Å². The van der Waals surface area contributed by atoms with Crippen molar-refractivity contribution in [3.05, 3.63) is 78.1 Å². The average Bonchev–Trinajstić information content (AvgIpc) is 3.28. The van der Waals surface area contributed by atoms with Gasteiger partial charge in [-0.2, -0.15) is 0 Å². The van der Waals surface area contributed by atoms with Gasteiger partial charge in [0.2, 0.25) is 0 Å². The van der Waals surface area contributed by atoms with Gasteiger partial charge in [0.25, 0.3) is 5.91 Å². The van der Waals surface area contributed by atoms with Crippen molar-refractivity contribution in [2.24, 2.45) is 0 Å². The number of carbonyl (C=O) groups excluding carboxylic acids is 1. The molecule has 170 valence electrons. The van der Waals surface area contributed by atoms with Crippen LogP contribution in [-0.2, 0) is 16.4 Å². The summed E-state index contributed by atoms with van der Waals surface area (Å²) < 4.78 is 30.9. The number of rotatable bonds is 8. The number of aromatic nitrogens is 2. The van der Waals surface area contributed by atoms with Crippen molar-refractivity contribution in [1.29, 1.82) is 0 Å². The third kappa shape index (κ3) is 4.89. The van der Waals surface area contributed by atoms with Gasteiger partial charge in [-0.25, -0.2) is 13.4 Å². The van der Waals surface area contributed by atoms with Gasteiger partial charge in [0.1, 0.15) is 11.3 Å². The Morgan fingerprint density at radius 3 is 2.48 bits per heavy atom. The molecule has 0 atom stereocenters. The van der Waals surface area contributed by atoms with Crippen LogP contribution in [0.15, 0.2) is 71.8 Å². The number of sulfone groups is 1. The maximum Gasteiger partial charge on any atom is 0.260 e. The second-order valence-electron chi connectivity index (χ2n) is 7.17. The summed E-state index contributed by atoms with van der Waals surface area (Å²) in [6, 6.07) is 17.2. The molecule has 1 amide bonds. The number of carbonyl (C=O) groups is 1. The lowest BCUT2D eigenvalue weighted by Gasteiger charge is -2.19. The Bertz CT molecular complexity index is 1370. The molecule has 0 radical (unpaired) electrons. The number of benzene rings is 2. The molecule has 0 saturated heterocycles. The Balaban J connectivity index is 1.75. The van der Waals surface area contributed by atoms with Crippen LogP contribution in [0.25, 0.3) is 10.2 Å². The molecule has 2 aromatic heterocycles. The van der Waals surface area contributed by atoms with E-state index in [-0.39, 0.29) is 23.1 Å². The largest absolute Gasteiger partial charge is 0.492 e. The maximum atomic E-state index is 13.6. The zero-order valence-corrected chi connectivity index (χ0v) is 19.9. The molecular weight excluding hydrogens is 458 g/mol. The van der Waals surface area contributed by atoms with Crippen LogP contribution in [0.2, 0.25) is 0 Å². The quantitative estimate of drug-likeness (QED) is 0.361. The summed E-state index contributed by atoms with van der Waals surface area (Å²) in [6.45, 7) is 4.23. The van der Waals surface area contributed by atoms with Crippen LogP contribution in [0, 0.1) is 0 Å². The highest BCUT2D eigenvalue weighted by Gasteiger charge is 2.24. The van der Waals surface area contributed by atoms with Gasteiger partial charge in [0, 0.05) is 11.8 Å². The van der Waals surface area contributed by atoms with Gasteiger partial charge < -0.3 is 4.74 Å². The number of para-hydroxylation sites is 1. The molecule has 33 heavy (non-hydrogen) atoms. The lowest BCUT2D eigenvalue weighted by atomic mass is 10.2. The van der Waals surface area contributed by atoms with Crippen molar-refractivity contribution in [2.75, 3.05) is 17.3 Å². The summed E-state index contributed by atoms with van der Waals surface area (Å²) in [4.78, 5) is 24.4. The summed E-state index contributed by atoms with van der Waals surface area (Å²) in [5.41, 5.74) is 1.77. The molecule has 0 aliphatic heterocycles. The summed E-state index contributed by atoms with van der Waals surface area (Å²) in [7, 11) is -3.35. The first kappa shape index (κ1) is 22.9. The highest BCUT2D eigenvalue weighted by molar-refractivity contribution is 7.91. The van der Waals surface area contributed by atoms with Gasteiger partial charge in [-0.05, 0) is 55.5 Å². The van der Waals surface area contributed by atoms with E-state index in [1.54, 1.807) is 18.0 Å². The van der Waals surface area contributed by atoms with Crippen molar-refractivity contribution in [2.45, 2.75) is 25.3 Å². The van der Waals surface area contributed by atoms with E-state index in [1.165, 1.54) is 35.6 Å². The van der Waals surface area contributed by atoms with E-state index < -0.39 is 9.84 Å². The average molecular weight is 482 g/mol. The maximum absolute atomic E-state index is 13.6. The third-order valence-corrected chi connectivity index (χ3v) is 7.83. The first-order valence-electron chi connectivity index (χ1n) is 10.5. The molecule has 0 aliphatic carbocycles. The fourth-order valence-electron chi connectivity index (χ4n) is 3.31. The molecule has 0 spiro atoms. The molecule has 4 aromatic rings. The van der Waals surface area contributed by atoms with E-state index in [9.17, 15) is 13.2 Å². The number of nitrogens with zero attached hydrogens (tertiary/aromatic N) is 3. The van der Waals surface area contributed by atoms with Crippen LogP contribution >= 0.6 is 11.3 Å². The summed E-state index contributed by atoms with van der Waals surface area (Å²) in [5.74, 6) is 0.370. The minimum absolute atomic E-state index is 0.0000361. The normalized spacial score (nSPS) is 11.5. The summed E-state index contributed by atoms with van der Waals surface area (Å²) in [5, 5.41) is 0.512. The predicted octanol–water partition coefficient (Wildman–Crippen LogP) is 4.73.